The van der Waals surface area contributed by atoms with Crippen LogP contribution in [0, 0.1) is 5.92 Å². The van der Waals surface area contributed by atoms with Gasteiger partial charge in [-0.15, -0.1) is 11.3 Å². The third kappa shape index (κ3) is 2.45. The summed E-state index contributed by atoms with van der Waals surface area (Å²) in [5, 5.41) is 3.59. The number of carbonyl (C=O) groups is 2. The molecule has 2 aliphatic carbocycles. The van der Waals surface area contributed by atoms with E-state index in [4.69, 9.17) is 4.74 Å². The number of methoxy groups -OCH3 is 1. The van der Waals surface area contributed by atoms with E-state index < -0.39 is 0 Å². The molecule has 0 saturated heterocycles. The van der Waals surface area contributed by atoms with Gasteiger partial charge in [-0.1, -0.05) is 24.3 Å². The number of nitrogens with one attached hydrogen (secondary N) is 1. The van der Waals surface area contributed by atoms with E-state index in [1.165, 1.54) is 24.0 Å². The van der Waals surface area contributed by atoms with Crippen LogP contribution >= 0.6 is 11.3 Å². The van der Waals surface area contributed by atoms with Crippen molar-refractivity contribution >= 4 is 28.2 Å². The predicted octanol–water partition coefficient (Wildman–Crippen LogP) is 3.65. The van der Waals surface area contributed by atoms with Crippen molar-refractivity contribution in [2.45, 2.75) is 25.7 Å². The summed E-state index contributed by atoms with van der Waals surface area (Å²) in [7, 11) is 1.38. The molecule has 0 bridgehead atoms. The van der Waals surface area contributed by atoms with Gasteiger partial charge in [0.25, 0.3) is 0 Å². The maximum atomic E-state index is 12.3. The number of hydrogen-bond donors (Lipinski definition) is 1. The molecule has 1 aromatic heterocycles. The van der Waals surface area contributed by atoms with E-state index in [1.54, 1.807) is 0 Å². The summed E-state index contributed by atoms with van der Waals surface area (Å²) in [6.45, 7) is 0. The lowest BCUT2D eigenvalue weighted by molar-refractivity contribution is -0.117. The second kappa shape index (κ2) is 5.49. The molecule has 4 nitrogen and oxygen atoms in total. The van der Waals surface area contributed by atoms with Gasteiger partial charge in [0.2, 0.25) is 5.91 Å². The van der Waals surface area contributed by atoms with Crippen molar-refractivity contribution in [1.82, 2.24) is 0 Å². The Morgan fingerprint density at radius 2 is 2.00 bits per heavy atom. The molecule has 4 rings (SSSR count). The molecule has 23 heavy (non-hydrogen) atoms. The van der Waals surface area contributed by atoms with Crippen molar-refractivity contribution in [1.29, 1.82) is 0 Å². The summed E-state index contributed by atoms with van der Waals surface area (Å²) in [5.74, 6) is -0.248. The highest BCUT2D eigenvalue weighted by molar-refractivity contribution is 7.20. The van der Waals surface area contributed by atoms with Gasteiger partial charge < -0.3 is 10.1 Å². The second-order valence-electron chi connectivity index (χ2n) is 6.03. The zero-order chi connectivity index (χ0) is 16.0. The average molecular weight is 327 g/mol. The molecule has 1 amide bonds. The summed E-state index contributed by atoms with van der Waals surface area (Å²) in [5.41, 5.74) is 4.00. The molecule has 1 heterocycles. The van der Waals surface area contributed by atoms with Crippen molar-refractivity contribution in [2.24, 2.45) is 5.92 Å². The van der Waals surface area contributed by atoms with Crippen LogP contribution in [0.3, 0.4) is 0 Å². The Hall–Kier alpha value is -2.14. The lowest BCUT2D eigenvalue weighted by Gasteiger charge is -2.16. The van der Waals surface area contributed by atoms with Crippen molar-refractivity contribution in [2.75, 3.05) is 12.4 Å². The van der Waals surface area contributed by atoms with Crippen molar-refractivity contribution in [3.05, 3.63) is 41.0 Å². The van der Waals surface area contributed by atoms with Gasteiger partial charge in [0.05, 0.1) is 12.7 Å². The number of carbonyl (C=O) groups excluding carboxylic acids is 2. The molecule has 0 aliphatic heterocycles. The molecule has 0 radical (unpaired) electrons. The molecule has 1 N–H and O–H groups in total. The highest BCUT2D eigenvalue weighted by atomic mass is 32.1. The lowest BCUT2D eigenvalue weighted by atomic mass is 9.89. The van der Waals surface area contributed by atoms with E-state index in [2.05, 4.69) is 17.4 Å². The molecule has 2 aromatic rings. The number of aryl methyl sites for hydroxylation is 1. The standard InChI is InChI=1S/C18H17NO3S/c1-22-18(21)14-13-9-8-10-4-2-3-5-12(10)15(13)23-17(14)19-16(20)11-6-7-11/h2-5,11H,6-9H2,1H3,(H,19,20). The van der Waals surface area contributed by atoms with Crippen LogP contribution < -0.4 is 5.32 Å². The minimum Gasteiger partial charge on any atom is -0.465 e. The Labute approximate surface area is 138 Å². The third-order valence-corrected chi connectivity index (χ3v) is 5.67. The monoisotopic (exact) mass is 327 g/mol. The fraction of sp³-hybridized carbons (Fsp3) is 0.333. The van der Waals surface area contributed by atoms with Crippen LogP contribution in [-0.2, 0) is 22.4 Å². The van der Waals surface area contributed by atoms with E-state index in [1.807, 2.05) is 12.1 Å². The normalized spacial score (nSPS) is 15.5. The SMILES string of the molecule is COC(=O)c1c(NC(=O)C2CC2)sc2c1CCc1ccccc1-2. The largest absolute Gasteiger partial charge is 0.465 e. The Morgan fingerprint density at radius 3 is 2.74 bits per heavy atom. The maximum absolute atomic E-state index is 12.3. The van der Waals surface area contributed by atoms with Crippen LogP contribution in [0.5, 0.6) is 0 Å². The number of amides is 1. The molecule has 1 saturated carbocycles. The lowest BCUT2D eigenvalue weighted by Crippen LogP contribution is -2.16. The molecule has 5 heteroatoms. The quantitative estimate of drug-likeness (QED) is 0.876. The van der Waals surface area contributed by atoms with E-state index in [0.29, 0.717) is 10.6 Å². The highest BCUT2D eigenvalue weighted by Crippen LogP contribution is 2.45. The molecule has 1 aromatic carbocycles. The van der Waals surface area contributed by atoms with Gasteiger partial charge in [0.15, 0.2) is 0 Å². The number of benzene rings is 1. The van der Waals surface area contributed by atoms with Crippen LogP contribution in [0.25, 0.3) is 10.4 Å². The first-order valence-electron chi connectivity index (χ1n) is 7.82. The number of esters is 1. The zero-order valence-electron chi connectivity index (χ0n) is 12.8. The third-order valence-electron chi connectivity index (χ3n) is 4.49. The van der Waals surface area contributed by atoms with Gasteiger partial charge in [-0.05, 0) is 42.4 Å². The van der Waals surface area contributed by atoms with Crippen LogP contribution in [0.2, 0.25) is 0 Å². The Balaban J connectivity index is 1.82. The van der Waals surface area contributed by atoms with Gasteiger partial charge >= 0.3 is 5.97 Å². The number of fused-ring (bicyclic) bond motifs is 3. The summed E-state index contributed by atoms with van der Waals surface area (Å²) in [6.07, 6.45) is 3.58. The Bertz CT molecular complexity index is 805. The number of ether oxygens (including phenoxy) is 1. The molecule has 118 valence electrons. The first kappa shape index (κ1) is 14.5. The Kier molecular flexibility index (Phi) is 3.45. The molecule has 1 fully saturated rings. The van der Waals surface area contributed by atoms with Crippen molar-refractivity contribution in [3.8, 4) is 10.4 Å². The van der Waals surface area contributed by atoms with Gasteiger partial charge in [0.1, 0.15) is 5.00 Å². The average Bonchev–Trinajstić information content (AvgIpc) is 3.36. The summed E-state index contributed by atoms with van der Waals surface area (Å²) in [6, 6.07) is 8.25. The molecular weight excluding hydrogens is 310 g/mol. The van der Waals surface area contributed by atoms with Crippen molar-refractivity contribution in [3.63, 3.8) is 0 Å². The van der Waals surface area contributed by atoms with Gasteiger partial charge in [0, 0.05) is 10.8 Å². The number of thiophene rings is 1. The summed E-state index contributed by atoms with van der Waals surface area (Å²) >= 11 is 1.49. The number of hydrogen-bond acceptors (Lipinski definition) is 4. The van der Waals surface area contributed by atoms with Crippen molar-refractivity contribution < 1.29 is 14.3 Å². The fourth-order valence-electron chi connectivity index (χ4n) is 3.11. The van der Waals surface area contributed by atoms with Crippen LogP contribution in [0.1, 0.15) is 34.3 Å². The van der Waals surface area contributed by atoms with E-state index in [9.17, 15) is 9.59 Å². The zero-order valence-corrected chi connectivity index (χ0v) is 13.7. The first-order valence-corrected chi connectivity index (χ1v) is 8.63. The maximum Gasteiger partial charge on any atom is 0.341 e. The fourth-order valence-corrected chi connectivity index (χ4v) is 4.41. The molecular formula is C18H17NO3S. The molecule has 0 atom stereocenters. The van der Waals surface area contributed by atoms with Crippen LogP contribution in [0.15, 0.2) is 24.3 Å². The smallest absolute Gasteiger partial charge is 0.341 e. The summed E-state index contributed by atoms with van der Waals surface area (Å²) in [4.78, 5) is 25.5. The molecule has 2 aliphatic rings. The van der Waals surface area contributed by atoms with E-state index in [-0.39, 0.29) is 17.8 Å². The molecule has 0 unspecified atom stereocenters. The van der Waals surface area contributed by atoms with E-state index >= 15 is 0 Å². The van der Waals surface area contributed by atoms with Crippen LogP contribution in [0.4, 0.5) is 5.00 Å². The minimum atomic E-state index is -0.368. The topological polar surface area (TPSA) is 55.4 Å². The number of anilines is 1. The second-order valence-corrected chi connectivity index (χ2v) is 7.05. The highest BCUT2D eigenvalue weighted by Gasteiger charge is 2.33. The first-order chi connectivity index (χ1) is 11.2. The Morgan fingerprint density at radius 1 is 1.22 bits per heavy atom. The molecule has 0 spiro atoms. The van der Waals surface area contributed by atoms with Gasteiger partial charge in [-0.3, -0.25) is 4.79 Å². The van der Waals surface area contributed by atoms with Gasteiger partial charge in [-0.25, -0.2) is 4.79 Å². The summed E-state index contributed by atoms with van der Waals surface area (Å²) < 4.78 is 4.96. The predicted molar refractivity (Wildman–Crippen MR) is 89.9 cm³/mol. The van der Waals surface area contributed by atoms with Gasteiger partial charge in [-0.2, -0.15) is 0 Å². The number of rotatable bonds is 3. The van der Waals surface area contributed by atoms with E-state index in [0.717, 1.165) is 41.7 Å². The van der Waals surface area contributed by atoms with Crippen LogP contribution in [-0.4, -0.2) is 19.0 Å². The minimum absolute atomic E-state index is 0.0158.